The molecular formula is C16H16N2O5S. The van der Waals surface area contributed by atoms with E-state index in [1.54, 1.807) is 24.3 Å². The summed E-state index contributed by atoms with van der Waals surface area (Å²) in [7, 11) is -3.80. The van der Waals surface area contributed by atoms with E-state index >= 15 is 0 Å². The van der Waals surface area contributed by atoms with Crippen LogP contribution in [0, 0.1) is 0 Å². The number of nitrogens with two attached hydrogens (primary N) is 1. The number of nitrogens with one attached hydrogen (secondary N) is 1. The molecule has 8 heteroatoms. The number of amides is 1. The van der Waals surface area contributed by atoms with Crippen LogP contribution in [-0.4, -0.2) is 26.9 Å². The van der Waals surface area contributed by atoms with Crippen LogP contribution >= 0.6 is 0 Å². The molecule has 0 aromatic heterocycles. The first-order valence-corrected chi connectivity index (χ1v) is 8.46. The van der Waals surface area contributed by atoms with Crippen LogP contribution < -0.4 is 10.5 Å². The molecule has 0 bridgehead atoms. The highest BCUT2D eigenvalue weighted by atomic mass is 32.2. The van der Waals surface area contributed by atoms with Crippen LogP contribution in [0.4, 0.5) is 0 Å². The number of benzene rings is 2. The highest BCUT2D eigenvalue weighted by Gasteiger charge is 2.17. The standard InChI is InChI=1S/C16H16N2O5S/c17-15(19)11-23-16(20)13-7-4-8-14(9-13)24(21,22)18-10-12-5-2-1-3-6-12/h1-9,18H,10-11H2,(H2,17,19). The van der Waals surface area contributed by atoms with Gasteiger partial charge in [0.05, 0.1) is 10.5 Å². The fraction of sp³-hybridized carbons (Fsp3) is 0.125. The molecule has 1 amide bonds. The van der Waals surface area contributed by atoms with Crippen molar-refractivity contribution in [1.82, 2.24) is 4.72 Å². The maximum Gasteiger partial charge on any atom is 0.338 e. The van der Waals surface area contributed by atoms with Crippen LogP contribution in [0.1, 0.15) is 15.9 Å². The molecule has 0 unspecified atom stereocenters. The number of primary amides is 1. The Kier molecular flexibility index (Phi) is 5.67. The molecule has 0 atom stereocenters. The fourth-order valence-electron chi connectivity index (χ4n) is 1.87. The molecule has 3 N–H and O–H groups in total. The largest absolute Gasteiger partial charge is 0.452 e. The highest BCUT2D eigenvalue weighted by molar-refractivity contribution is 7.89. The fourth-order valence-corrected chi connectivity index (χ4v) is 2.93. The van der Waals surface area contributed by atoms with Gasteiger partial charge in [0.2, 0.25) is 10.0 Å². The van der Waals surface area contributed by atoms with Crippen molar-refractivity contribution in [3.63, 3.8) is 0 Å². The van der Waals surface area contributed by atoms with Gasteiger partial charge in [-0.2, -0.15) is 0 Å². The Hall–Kier alpha value is -2.71. The van der Waals surface area contributed by atoms with Gasteiger partial charge in [-0.3, -0.25) is 4.79 Å². The number of carbonyl (C=O) groups is 2. The molecule has 2 aromatic rings. The molecule has 0 saturated heterocycles. The summed E-state index contributed by atoms with van der Waals surface area (Å²) in [5, 5.41) is 0. The van der Waals surface area contributed by atoms with Crippen LogP contribution in [0.25, 0.3) is 0 Å². The van der Waals surface area contributed by atoms with E-state index in [9.17, 15) is 18.0 Å². The lowest BCUT2D eigenvalue weighted by Crippen LogP contribution is -2.24. The second-order valence-corrected chi connectivity index (χ2v) is 6.65. The van der Waals surface area contributed by atoms with Crippen LogP contribution in [0.5, 0.6) is 0 Å². The van der Waals surface area contributed by atoms with Crippen molar-refractivity contribution in [3.05, 3.63) is 65.7 Å². The topological polar surface area (TPSA) is 116 Å². The average molecular weight is 348 g/mol. The summed E-state index contributed by atoms with van der Waals surface area (Å²) < 4.78 is 31.7. The molecule has 0 heterocycles. The highest BCUT2D eigenvalue weighted by Crippen LogP contribution is 2.13. The van der Waals surface area contributed by atoms with E-state index in [2.05, 4.69) is 9.46 Å². The SMILES string of the molecule is NC(=O)COC(=O)c1cccc(S(=O)(=O)NCc2ccccc2)c1. The lowest BCUT2D eigenvalue weighted by atomic mass is 10.2. The minimum atomic E-state index is -3.80. The van der Waals surface area contributed by atoms with Gasteiger partial charge in [-0.1, -0.05) is 36.4 Å². The minimum Gasteiger partial charge on any atom is -0.452 e. The first kappa shape index (κ1) is 17.6. The van der Waals surface area contributed by atoms with Crippen LogP contribution in [-0.2, 0) is 26.1 Å². The van der Waals surface area contributed by atoms with Gasteiger partial charge in [0.15, 0.2) is 6.61 Å². The first-order valence-electron chi connectivity index (χ1n) is 6.97. The monoisotopic (exact) mass is 348 g/mol. The molecule has 7 nitrogen and oxygen atoms in total. The van der Waals surface area contributed by atoms with Gasteiger partial charge in [-0.15, -0.1) is 0 Å². The predicted molar refractivity (Wildman–Crippen MR) is 86.4 cm³/mol. The van der Waals surface area contributed by atoms with Gasteiger partial charge in [-0.25, -0.2) is 17.9 Å². The van der Waals surface area contributed by atoms with Crippen molar-refractivity contribution in [3.8, 4) is 0 Å². The Morgan fingerprint density at radius 1 is 1.04 bits per heavy atom. The van der Waals surface area contributed by atoms with Gasteiger partial charge in [0.1, 0.15) is 0 Å². The van der Waals surface area contributed by atoms with Crippen molar-refractivity contribution >= 4 is 21.9 Å². The Morgan fingerprint density at radius 3 is 2.42 bits per heavy atom. The van der Waals surface area contributed by atoms with Crippen LogP contribution in [0.3, 0.4) is 0 Å². The third-order valence-electron chi connectivity index (χ3n) is 3.03. The van der Waals surface area contributed by atoms with E-state index in [4.69, 9.17) is 5.73 Å². The van der Waals surface area contributed by atoms with E-state index in [0.717, 1.165) is 5.56 Å². The second-order valence-electron chi connectivity index (χ2n) is 4.88. The van der Waals surface area contributed by atoms with E-state index in [0.29, 0.717) is 0 Å². The molecule has 0 aliphatic carbocycles. The first-order chi connectivity index (χ1) is 11.4. The van der Waals surface area contributed by atoms with Gasteiger partial charge in [0.25, 0.3) is 5.91 Å². The summed E-state index contributed by atoms with van der Waals surface area (Å²) in [6.45, 7) is -0.443. The third-order valence-corrected chi connectivity index (χ3v) is 4.43. The lowest BCUT2D eigenvalue weighted by Gasteiger charge is -2.08. The number of rotatable bonds is 7. The van der Waals surface area contributed by atoms with E-state index in [1.807, 2.05) is 6.07 Å². The maximum absolute atomic E-state index is 12.3. The summed E-state index contributed by atoms with van der Waals surface area (Å²) in [5.74, 6) is -1.62. The van der Waals surface area contributed by atoms with E-state index < -0.39 is 28.5 Å². The summed E-state index contributed by atoms with van der Waals surface area (Å²) in [5.41, 5.74) is 5.71. The smallest absolute Gasteiger partial charge is 0.338 e. The van der Waals surface area contributed by atoms with Gasteiger partial charge in [-0.05, 0) is 23.8 Å². The lowest BCUT2D eigenvalue weighted by molar-refractivity contribution is -0.121. The van der Waals surface area contributed by atoms with Crippen molar-refractivity contribution in [2.45, 2.75) is 11.4 Å². The molecule has 0 saturated carbocycles. The Labute approximate surface area is 139 Å². The summed E-state index contributed by atoms with van der Waals surface area (Å²) in [4.78, 5) is 22.3. The van der Waals surface area contributed by atoms with Crippen molar-refractivity contribution in [1.29, 1.82) is 0 Å². The van der Waals surface area contributed by atoms with Crippen molar-refractivity contribution in [2.75, 3.05) is 6.61 Å². The maximum atomic E-state index is 12.3. The average Bonchev–Trinajstić information content (AvgIpc) is 2.59. The molecule has 2 rings (SSSR count). The predicted octanol–water partition coefficient (Wildman–Crippen LogP) is 0.807. The summed E-state index contributed by atoms with van der Waals surface area (Å²) >= 11 is 0. The number of hydrogen-bond donors (Lipinski definition) is 2. The van der Waals surface area contributed by atoms with Crippen LogP contribution in [0.15, 0.2) is 59.5 Å². The molecule has 2 aromatic carbocycles. The van der Waals surface area contributed by atoms with Crippen molar-refractivity contribution in [2.24, 2.45) is 5.73 Å². The number of carbonyl (C=O) groups excluding carboxylic acids is 2. The molecule has 0 aliphatic rings. The molecule has 0 radical (unpaired) electrons. The zero-order valence-corrected chi connectivity index (χ0v) is 13.5. The number of esters is 1. The molecular weight excluding hydrogens is 332 g/mol. The van der Waals surface area contributed by atoms with Gasteiger partial charge in [0, 0.05) is 6.54 Å². The van der Waals surface area contributed by atoms with Gasteiger partial charge < -0.3 is 10.5 Å². The Bertz CT molecular complexity index is 835. The third kappa shape index (κ3) is 4.90. The summed E-state index contributed by atoms with van der Waals surface area (Å²) in [6.07, 6.45) is 0. The molecule has 0 fully saturated rings. The minimum absolute atomic E-state index is 0.0128. The molecule has 0 aliphatic heterocycles. The van der Waals surface area contributed by atoms with Gasteiger partial charge >= 0.3 is 5.97 Å². The number of hydrogen-bond acceptors (Lipinski definition) is 5. The zero-order valence-electron chi connectivity index (χ0n) is 12.6. The molecule has 126 valence electrons. The Morgan fingerprint density at radius 2 is 1.75 bits per heavy atom. The zero-order chi connectivity index (χ0) is 17.6. The van der Waals surface area contributed by atoms with Crippen molar-refractivity contribution < 1.29 is 22.7 Å². The molecule has 24 heavy (non-hydrogen) atoms. The second kappa shape index (κ2) is 7.71. The van der Waals surface area contributed by atoms with Crippen LogP contribution in [0.2, 0.25) is 0 Å². The summed E-state index contributed by atoms with van der Waals surface area (Å²) in [6, 6.07) is 14.4. The normalized spacial score (nSPS) is 11.0. The van der Waals surface area contributed by atoms with E-state index in [1.165, 1.54) is 24.3 Å². The Balaban J connectivity index is 2.11. The quantitative estimate of drug-likeness (QED) is 0.718. The molecule has 0 spiro atoms. The number of ether oxygens (including phenoxy) is 1. The number of sulfonamides is 1. The van der Waals surface area contributed by atoms with E-state index in [-0.39, 0.29) is 17.0 Å².